The molecule has 3 heterocycles. The summed E-state index contributed by atoms with van der Waals surface area (Å²) in [5, 5.41) is 3.44. The van der Waals surface area contributed by atoms with Crippen molar-refractivity contribution >= 4 is 17.4 Å². The van der Waals surface area contributed by atoms with Gasteiger partial charge in [-0.25, -0.2) is 14.4 Å². The summed E-state index contributed by atoms with van der Waals surface area (Å²) in [6, 6.07) is 10.2. The molecule has 2 aromatic heterocycles. The van der Waals surface area contributed by atoms with E-state index >= 15 is 0 Å². The SMILES string of the molecule is CCn1cc(C2=N[C@@](c3ccc(F)cc3)(c3ccc(F)nc3)[C@H](C)N2)cc(Cl)c1=O. The maximum atomic E-state index is 13.6. The number of aryl methyl sites for hydroxylation is 1. The van der Waals surface area contributed by atoms with E-state index in [1.807, 2.05) is 13.8 Å². The standard InChI is InChI=1S/C22H19ClF2N4O/c1-3-29-12-14(10-18(23)21(29)30)20-27-13(2)22(28-20,15-4-7-17(24)8-5-15)16-6-9-19(25)26-11-16/h4-13H,3H2,1-2H3,(H,27,28)/t13-,22-/m0/s1. The van der Waals surface area contributed by atoms with Crippen LogP contribution in [0.4, 0.5) is 8.78 Å². The van der Waals surface area contributed by atoms with Gasteiger partial charge in [-0.2, -0.15) is 4.39 Å². The Morgan fingerprint density at radius 2 is 1.87 bits per heavy atom. The van der Waals surface area contributed by atoms with Crippen molar-refractivity contribution in [3.8, 4) is 0 Å². The summed E-state index contributed by atoms with van der Waals surface area (Å²) in [4.78, 5) is 20.9. The highest BCUT2D eigenvalue weighted by Gasteiger charge is 2.45. The van der Waals surface area contributed by atoms with Gasteiger partial charge in [0.2, 0.25) is 5.95 Å². The molecular formula is C22H19ClF2N4O. The number of halogens is 3. The van der Waals surface area contributed by atoms with Crippen LogP contribution in [0.25, 0.3) is 0 Å². The van der Waals surface area contributed by atoms with Crippen molar-refractivity contribution in [2.75, 3.05) is 0 Å². The molecule has 0 amide bonds. The lowest BCUT2D eigenvalue weighted by Crippen LogP contribution is -2.41. The van der Waals surface area contributed by atoms with Crippen LogP contribution >= 0.6 is 11.6 Å². The number of pyridine rings is 2. The van der Waals surface area contributed by atoms with Gasteiger partial charge in [-0.1, -0.05) is 29.8 Å². The number of benzene rings is 1. The smallest absolute Gasteiger partial charge is 0.269 e. The molecule has 1 aliphatic heterocycles. The van der Waals surface area contributed by atoms with Gasteiger partial charge in [0.1, 0.15) is 22.2 Å². The molecule has 1 aliphatic rings. The Hall–Kier alpha value is -3.06. The molecule has 2 atom stereocenters. The van der Waals surface area contributed by atoms with Crippen LogP contribution in [0.15, 0.2) is 64.6 Å². The van der Waals surface area contributed by atoms with Crippen molar-refractivity contribution in [2.45, 2.75) is 32.0 Å². The number of hydrogen-bond donors (Lipinski definition) is 1. The van der Waals surface area contributed by atoms with Gasteiger partial charge in [0.15, 0.2) is 0 Å². The Labute approximate surface area is 177 Å². The molecule has 0 unspecified atom stereocenters. The summed E-state index contributed by atoms with van der Waals surface area (Å²) >= 11 is 6.14. The Morgan fingerprint density at radius 1 is 1.17 bits per heavy atom. The molecular weight excluding hydrogens is 410 g/mol. The molecule has 1 aromatic carbocycles. The zero-order valence-corrected chi connectivity index (χ0v) is 17.1. The number of nitrogens with zero attached hydrogens (tertiary/aromatic N) is 3. The van der Waals surface area contributed by atoms with E-state index in [2.05, 4.69) is 10.3 Å². The highest BCUT2D eigenvalue weighted by molar-refractivity contribution is 6.30. The average Bonchev–Trinajstić information content (AvgIpc) is 3.09. The lowest BCUT2D eigenvalue weighted by atomic mass is 9.79. The largest absolute Gasteiger partial charge is 0.364 e. The van der Waals surface area contributed by atoms with Crippen molar-refractivity contribution < 1.29 is 8.78 Å². The minimum Gasteiger partial charge on any atom is -0.364 e. The molecule has 3 aromatic rings. The number of aliphatic imine (C=N–C) groups is 1. The monoisotopic (exact) mass is 428 g/mol. The summed E-state index contributed by atoms with van der Waals surface area (Å²) in [6.45, 7) is 4.24. The summed E-state index contributed by atoms with van der Waals surface area (Å²) in [5.74, 6) is -0.436. The van der Waals surface area contributed by atoms with E-state index in [4.69, 9.17) is 16.6 Å². The first kappa shape index (κ1) is 20.2. The van der Waals surface area contributed by atoms with E-state index in [0.717, 1.165) is 5.56 Å². The molecule has 30 heavy (non-hydrogen) atoms. The lowest BCUT2D eigenvalue weighted by Gasteiger charge is -2.31. The van der Waals surface area contributed by atoms with Gasteiger partial charge in [-0.15, -0.1) is 0 Å². The van der Waals surface area contributed by atoms with Gasteiger partial charge in [-0.3, -0.25) is 4.79 Å². The van der Waals surface area contributed by atoms with Crippen molar-refractivity contribution in [1.29, 1.82) is 0 Å². The maximum absolute atomic E-state index is 13.6. The number of amidine groups is 1. The first-order chi connectivity index (χ1) is 14.3. The fourth-order valence-corrected chi connectivity index (χ4v) is 4.05. The number of nitrogens with one attached hydrogen (secondary N) is 1. The zero-order valence-electron chi connectivity index (χ0n) is 16.4. The van der Waals surface area contributed by atoms with Gasteiger partial charge in [-0.05, 0) is 43.7 Å². The van der Waals surface area contributed by atoms with E-state index in [1.165, 1.54) is 29.0 Å². The quantitative estimate of drug-likeness (QED) is 0.642. The molecule has 0 fully saturated rings. The minimum atomic E-state index is -0.969. The summed E-state index contributed by atoms with van der Waals surface area (Å²) in [6.07, 6.45) is 3.12. The molecule has 0 saturated carbocycles. The molecule has 8 heteroatoms. The fraction of sp³-hybridized carbons (Fsp3) is 0.227. The highest BCUT2D eigenvalue weighted by atomic mass is 35.5. The Bertz CT molecular complexity index is 1130. The van der Waals surface area contributed by atoms with Crippen LogP contribution in [0.1, 0.15) is 30.5 Å². The van der Waals surface area contributed by atoms with Gasteiger partial charge in [0.25, 0.3) is 5.56 Å². The Morgan fingerprint density at radius 3 is 2.50 bits per heavy atom. The fourth-order valence-electron chi connectivity index (χ4n) is 3.83. The van der Waals surface area contributed by atoms with Crippen LogP contribution < -0.4 is 10.9 Å². The van der Waals surface area contributed by atoms with Gasteiger partial charge < -0.3 is 9.88 Å². The molecule has 0 bridgehead atoms. The van der Waals surface area contributed by atoms with E-state index in [1.54, 1.807) is 30.5 Å². The van der Waals surface area contributed by atoms with Crippen molar-refractivity contribution in [3.63, 3.8) is 0 Å². The third-order valence-corrected chi connectivity index (χ3v) is 5.65. The predicted molar refractivity (Wildman–Crippen MR) is 112 cm³/mol. The maximum Gasteiger partial charge on any atom is 0.269 e. The molecule has 5 nitrogen and oxygen atoms in total. The molecule has 4 rings (SSSR count). The molecule has 0 spiro atoms. The normalized spacial score (nSPS) is 20.7. The molecule has 0 saturated heterocycles. The topological polar surface area (TPSA) is 59.3 Å². The third kappa shape index (κ3) is 3.29. The van der Waals surface area contributed by atoms with Crippen molar-refractivity contribution in [3.05, 3.63) is 98.7 Å². The van der Waals surface area contributed by atoms with Crippen LogP contribution in [-0.2, 0) is 12.1 Å². The van der Waals surface area contributed by atoms with Crippen LogP contribution in [0.3, 0.4) is 0 Å². The van der Waals surface area contributed by atoms with Crippen LogP contribution in [-0.4, -0.2) is 21.4 Å². The first-order valence-electron chi connectivity index (χ1n) is 9.50. The van der Waals surface area contributed by atoms with Crippen LogP contribution in [0, 0.1) is 11.8 Å². The molecule has 1 N–H and O–H groups in total. The second-order valence-electron chi connectivity index (χ2n) is 7.14. The van der Waals surface area contributed by atoms with Crippen molar-refractivity contribution in [1.82, 2.24) is 14.9 Å². The van der Waals surface area contributed by atoms with Gasteiger partial charge in [0.05, 0.1) is 6.04 Å². The lowest BCUT2D eigenvalue weighted by molar-refractivity contribution is 0.449. The predicted octanol–water partition coefficient (Wildman–Crippen LogP) is 3.88. The Balaban J connectivity index is 1.93. The van der Waals surface area contributed by atoms with Gasteiger partial charge >= 0.3 is 0 Å². The van der Waals surface area contributed by atoms with Gasteiger partial charge in [0, 0.05) is 30.1 Å². The molecule has 154 valence electrons. The Kier molecular flexibility index (Phi) is 5.15. The minimum absolute atomic E-state index is 0.0919. The van der Waals surface area contributed by atoms with Crippen LogP contribution in [0.2, 0.25) is 5.02 Å². The van der Waals surface area contributed by atoms with E-state index in [0.29, 0.717) is 23.5 Å². The number of hydrogen-bond acceptors (Lipinski definition) is 4. The number of aromatic nitrogens is 2. The number of rotatable bonds is 4. The van der Waals surface area contributed by atoms with Crippen LogP contribution in [0.5, 0.6) is 0 Å². The molecule has 0 aliphatic carbocycles. The third-order valence-electron chi connectivity index (χ3n) is 5.38. The van der Waals surface area contributed by atoms with Crippen molar-refractivity contribution in [2.24, 2.45) is 4.99 Å². The summed E-state index contributed by atoms with van der Waals surface area (Å²) in [7, 11) is 0. The molecule has 0 radical (unpaired) electrons. The average molecular weight is 429 g/mol. The second-order valence-corrected chi connectivity index (χ2v) is 7.54. The zero-order chi connectivity index (χ0) is 21.5. The van der Waals surface area contributed by atoms with E-state index in [-0.39, 0.29) is 22.4 Å². The summed E-state index contributed by atoms with van der Waals surface area (Å²) < 4.78 is 28.6. The van der Waals surface area contributed by atoms with E-state index < -0.39 is 11.5 Å². The first-order valence-corrected chi connectivity index (χ1v) is 9.87. The van der Waals surface area contributed by atoms with E-state index in [9.17, 15) is 13.6 Å². The second kappa shape index (κ2) is 7.65. The summed E-state index contributed by atoms with van der Waals surface area (Å²) in [5.41, 5.74) is 0.778. The highest BCUT2D eigenvalue weighted by Crippen LogP contribution is 2.40.